The van der Waals surface area contributed by atoms with Crippen molar-refractivity contribution in [3.05, 3.63) is 73.0 Å². The third kappa shape index (κ3) is 9.19. The second kappa shape index (κ2) is 14.5. The van der Waals surface area contributed by atoms with Crippen LogP contribution in [0.5, 0.6) is 0 Å². The van der Waals surface area contributed by atoms with Crippen molar-refractivity contribution in [2.75, 3.05) is 6.54 Å². The number of nitrogens with zero attached hydrogens (tertiary/aromatic N) is 1. The summed E-state index contributed by atoms with van der Waals surface area (Å²) in [6.07, 6.45) is 25.8. The Bertz CT molecular complexity index is 721. The average Bonchev–Trinajstić information content (AvgIpc) is 2.82. The van der Waals surface area contributed by atoms with E-state index in [1.807, 2.05) is 6.08 Å². The van der Waals surface area contributed by atoms with Gasteiger partial charge in [-0.05, 0) is 101 Å². The van der Waals surface area contributed by atoms with Crippen molar-refractivity contribution in [2.45, 2.75) is 97.9 Å². The monoisotopic (exact) mass is 449 g/mol. The molecule has 5 unspecified atom stereocenters. The molecule has 1 nitrogen and oxygen atoms in total. The van der Waals surface area contributed by atoms with Gasteiger partial charge < -0.3 is 4.90 Å². The molecule has 33 heavy (non-hydrogen) atoms. The zero-order valence-electron chi connectivity index (χ0n) is 22.2. The molecule has 0 N–H and O–H groups in total. The van der Waals surface area contributed by atoms with Crippen molar-refractivity contribution in [1.82, 2.24) is 4.90 Å². The highest BCUT2D eigenvalue weighted by atomic mass is 15.2. The van der Waals surface area contributed by atoms with Crippen LogP contribution in [0.2, 0.25) is 0 Å². The van der Waals surface area contributed by atoms with E-state index in [1.54, 1.807) is 0 Å². The van der Waals surface area contributed by atoms with Gasteiger partial charge in [0.1, 0.15) is 0 Å². The van der Waals surface area contributed by atoms with Gasteiger partial charge in [-0.15, -0.1) is 6.58 Å². The summed E-state index contributed by atoms with van der Waals surface area (Å²) in [4.78, 5) is 2.54. The predicted molar refractivity (Wildman–Crippen MR) is 148 cm³/mol. The van der Waals surface area contributed by atoms with Crippen LogP contribution in [0.4, 0.5) is 0 Å². The lowest BCUT2D eigenvalue weighted by molar-refractivity contribution is 0.186. The van der Waals surface area contributed by atoms with E-state index in [9.17, 15) is 0 Å². The second-order valence-electron chi connectivity index (χ2n) is 10.9. The maximum atomic E-state index is 4.58. The Hall–Kier alpha value is -1.76. The van der Waals surface area contributed by atoms with Crippen LogP contribution in [0.15, 0.2) is 73.0 Å². The summed E-state index contributed by atoms with van der Waals surface area (Å²) in [5, 5.41) is 0. The van der Waals surface area contributed by atoms with Crippen LogP contribution in [0.1, 0.15) is 91.9 Å². The van der Waals surface area contributed by atoms with Gasteiger partial charge in [0, 0.05) is 18.3 Å². The Morgan fingerprint density at radius 3 is 2.58 bits per heavy atom. The molecular weight excluding hydrogens is 398 g/mol. The first-order valence-corrected chi connectivity index (χ1v) is 13.6. The van der Waals surface area contributed by atoms with Crippen LogP contribution >= 0.6 is 0 Å². The molecule has 0 spiro atoms. The molecule has 1 saturated carbocycles. The summed E-state index contributed by atoms with van der Waals surface area (Å²) in [6.45, 7) is 23.4. The standard InChI is InChI=1S/C32H51N/c1-8-25(2)16-12-10-9-11-13-17-26(3)19-21-31-22-20-27(4)32(24-31)29(6)30(7)33-23-15-14-18-28(33)5/h8-11,13,17,25,27-28,31-32H,1,6-7,12,14-16,18-24H2,2-5H3/b10-9+,13-11+,26-17+. The number of piperidine rings is 1. The topological polar surface area (TPSA) is 3.24 Å². The molecule has 0 aromatic carbocycles. The lowest BCUT2D eigenvalue weighted by Gasteiger charge is -2.42. The zero-order chi connectivity index (χ0) is 24.2. The first-order valence-electron chi connectivity index (χ1n) is 13.6. The van der Waals surface area contributed by atoms with Crippen molar-refractivity contribution in [3.8, 4) is 0 Å². The van der Waals surface area contributed by atoms with Gasteiger partial charge in [-0.3, -0.25) is 0 Å². The average molecular weight is 450 g/mol. The summed E-state index contributed by atoms with van der Waals surface area (Å²) in [5.41, 5.74) is 4.04. The Kier molecular flexibility index (Phi) is 12.1. The molecule has 0 bridgehead atoms. The molecule has 1 heteroatoms. The maximum Gasteiger partial charge on any atom is 0.0325 e. The lowest BCUT2D eigenvalue weighted by atomic mass is 9.70. The molecule has 2 fully saturated rings. The second-order valence-corrected chi connectivity index (χ2v) is 10.9. The van der Waals surface area contributed by atoms with Crippen molar-refractivity contribution >= 4 is 0 Å². The van der Waals surface area contributed by atoms with Crippen molar-refractivity contribution in [3.63, 3.8) is 0 Å². The van der Waals surface area contributed by atoms with E-state index in [1.165, 1.54) is 74.6 Å². The molecule has 0 aromatic heterocycles. The molecule has 2 rings (SSSR count). The summed E-state index contributed by atoms with van der Waals surface area (Å²) >= 11 is 0. The first kappa shape index (κ1) is 27.5. The van der Waals surface area contributed by atoms with Gasteiger partial charge in [0.05, 0.1) is 0 Å². The van der Waals surface area contributed by atoms with E-state index in [0.717, 1.165) is 24.8 Å². The molecule has 1 aliphatic heterocycles. The molecule has 1 aliphatic carbocycles. The van der Waals surface area contributed by atoms with Gasteiger partial charge in [-0.2, -0.15) is 0 Å². The third-order valence-electron chi connectivity index (χ3n) is 8.15. The Morgan fingerprint density at radius 1 is 1.06 bits per heavy atom. The molecule has 0 radical (unpaired) electrons. The summed E-state index contributed by atoms with van der Waals surface area (Å²) in [7, 11) is 0. The minimum absolute atomic E-state index is 0.600. The van der Waals surface area contributed by atoms with Crippen LogP contribution in [0, 0.1) is 23.7 Å². The van der Waals surface area contributed by atoms with Gasteiger partial charge in [-0.1, -0.05) is 75.5 Å². The molecule has 0 aromatic rings. The van der Waals surface area contributed by atoms with Crippen LogP contribution < -0.4 is 0 Å². The number of hydrogen-bond donors (Lipinski definition) is 0. The molecule has 184 valence electrons. The third-order valence-corrected chi connectivity index (χ3v) is 8.15. The predicted octanol–water partition coefficient (Wildman–Crippen LogP) is 9.42. The highest BCUT2D eigenvalue weighted by Gasteiger charge is 2.32. The van der Waals surface area contributed by atoms with Gasteiger partial charge in [0.25, 0.3) is 0 Å². The van der Waals surface area contributed by atoms with Crippen LogP contribution in [-0.4, -0.2) is 17.5 Å². The van der Waals surface area contributed by atoms with E-state index >= 15 is 0 Å². The van der Waals surface area contributed by atoms with E-state index in [0.29, 0.717) is 17.9 Å². The smallest absolute Gasteiger partial charge is 0.0325 e. The number of rotatable bonds is 12. The van der Waals surface area contributed by atoms with E-state index in [4.69, 9.17) is 0 Å². The largest absolute Gasteiger partial charge is 0.369 e. The molecule has 1 saturated heterocycles. The Balaban J connectivity index is 1.79. The fourth-order valence-electron chi connectivity index (χ4n) is 5.51. The fourth-order valence-corrected chi connectivity index (χ4v) is 5.51. The molecular formula is C32H51N. The summed E-state index contributed by atoms with van der Waals surface area (Å²) < 4.78 is 0. The number of likely N-dealkylation sites (tertiary alicyclic amines) is 1. The van der Waals surface area contributed by atoms with Crippen molar-refractivity contribution < 1.29 is 0 Å². The Morgan fingerprint density at radius 2 is 1.85 bits per heavy atom. The Labute approximate surface area is 206 Å². The molecule has 5 atom stereocenters. The van der Waals surface area contributed by atoms with Crippen molar-refractivity contribution in [1.29, 1.82) is 0 Å². The lowest BCUT2D eigenvalue weighted by Crippen LogP contribution is -2.38. The minimum atomic E-state index is 0.600. The highest BCUT2D eigenvalue weighted by molar-refractivity contribution is 5.28. The van der Waals surface area contributed by atoms with Gasteiger partial charge in [-0.25, -0.2) is 0 Å². The van der Waals surface area contributed by atoms with Gasteiger partial charge in [0.2, 0.25) is 0 Å². The van der Waals surface area contributed by atoms with Gasteiger partial charge >= 0.3 is 0 Å². The summed E-state index contributed by atoms with van der Waals surface area (Å²) in [5.74, 6) is 2.75. The number of hydrogen-bond acceptors (Lipinski definition) is 1. The molecule has 1 heterocycles. The van der Waals surface area contributed by atoms with Gasteiger partial charge in [0.15, 0.2) is 0 Å². The van der Waals surface area contributed by atoms with Crippen LogP contribution in [0.3, 0.4) is 0 Å². The van der Waals surface area contributed by atoms with Crippen LogP contribution in [0.25, 0.3) is 0 Å². The molecule has 2 aliphatic rings. The molecule has 0 amide bonds. The minimum Gasteiger partial charge on any atom is -0.369 e. The SMILES string of the molecule is C=CC(C)CC/C=C/C=C/C=C(\C)CCC1CCC(C)C(C(=C)C(=C)N2CCCCC2C)C1. The highest BCUT2D eigenvalue weighted by Crippen LogP contribution is 2.42. The van der Waals surface area contributed by atoms with E-state index in [2.05, 4.69) is 82.7 Å². The summed E-state index contributed by atoms with van der Waals surface area (Å²) in [6, 6.07) is 0.615. The fraction of sp³-hybridized carbons (Fsp3) is 0.625. The van der Waals surface area contributed by atoms with Crippen molar-refractivity contribution in [2.24, 2.45) is 23.7 Å². The first-order chi connectivity index (χ1) is 15.8. The normalized spacial score (nSPS) is 27.8. The quantitative estimate of drug-likeness (QED) is 0.212. The van der Waals surface area contributed by atoms with Crippen LogP contribution in [-0.2, 0) is 0 Å². The number of allylic oxidation sites excluding steroid dienone is 8. The van der Waals surface area contributed by atoms with E-state index in [-0.39, 0.29) is 0 Å². The zero-order valence-corrected chi connectivity index (χ0v) is 22.2. The maximum absolute atomic E-state index is 4.58. The van der Waals surface area contributed by atoms with E-state index < -0.39 is 0 Å².